The smallest absolute Gasteiger partial charge is 0.0249 e. The molecule has 1 N–H and O–H groups in total. The van der Waals surface area contributed by atoms with Crippen molar-refractivity contribution in [1.29, 1.82) is 0 Å². The van der Waals surface area contributed by atoms with Gasteiger partial charge in [0.1, 0.15) is 0 Å². The van der Waals surface area contributed by atoms with Crippen molar-refractivity contribution in [3.05, 3.63) is 0 Å². The van der Waals surface area contributed by atoms with E-state index in [9.17, 15) is 0 Å². The summed E-state index contributed by atoms with van der Waals surface area (Å²) in [5, 5.41) is 3.73. The maximum atomic E-state index is 3.73. The molecule has 0 aromatic heterocycles. The van der Waals surface area contributed by atoms with Gasteiger partial charge in [0.05, 0.1) is 0 Å². The van der Waals surface area contributed by atoms with Crippen LogP contribution in [-0.2, 0) is 0 Å². The van der Waals surface area contributed by atoms with E-state index in [0.29, 0.717) is 0 Å². The van der Waals surface area contributed by atoms with Gasteiger partial charge in [-0.2, -0.15) is 11.8 Å². The lowest BCUT2D eigenvalue weighted by molar-refractivity contribution is 0.112. The average molecular weight is 199 g/mol. The van der Waals surface area contributed by atoms with Crippen molar-refractivity contribution in [3.63, 3.8) is 0 Å². The first-order chi connectivity index (χ1) is 6.35. The fourth-order valence-electron chi connectivity index (χ4n) is 2.44. The molecule has 2 aliphatic rings. The number of thioether (sulfide) groups is 1. The Kier molecular flexibility index (Phi) is 3.20. The molecule has 0 unspecified atom stereocenters. The first-order valence-electron chi connectivity index (χ1n) is 5.66. The monoisotopic (exact) mass is 199 g/mol. The highest BCUT2D eigenvalue weighted by Crippen LogP contribution is 2.44. The largest absolute Gasteiger partial charge is 0.312 e. The van der Waals surface area contributed by atoms with Crippen molar-refractivity contribution in [2.24, 2.45) is 5.41 Å². The van der Waals surface area contributed by atoms with E-state index >= 15 is 0 Å². The first kappa shape index (κ1) is 9.85. The van der Waals surface area contributed by atoms with Crippen molar-refractivity contribution in [1.82, 2.24) is 5.32 Å². The van der Waals surface area contributed by atoms with Crippen LogP contribution in [0.5, 0.6) is 0 Å². The highest BCUT2D eigenvalue weighted by atomic mass is 32.2. The van der Waals surface area contributed by atoms with Crippen LogP contribution in [0.3, 0.4) is 0 Å². The van der Waals surface area contributed by atoms with E-state index in [4.69, 9.17) is 0 Å². The maximum Gasteiger partial charge on any atom is 0.0249 e. The van der Waals surface area contributed by atoms with E-state index in [1.165, 1.54) is 50.2 Å². The Morgan fingerprint density at radius 1 is 1.38 bits per heavy atom. The van der Waals surface area contributed by atoms with Crippen LogP contribution in [-0.4, -0.2) is 24.1 Å². The van der Waals surface area contributed by atoms with Gasteiger partial charge in [-0.25, -0.2) is 0 Å². The second-order valence-electron chi connectivity index (χ2n) is 4.72. The Morgan fingerprint density at radius 3 is 2.54 bits per heavy atom. The van der Waals surface area contributed by atoms with Crippen LogP contribution >= 0.6 is 11.8 Å². The minimum absolute atomic E-state index is 0.717. The zero-order valence-corrected chi connectivity index (χ0v) is 9.46. The molecule has 1 heterocycles. The zero-order chi connectivity index (χ0) is 9.15. The molecule has 1 saturated heterocycles. The van der Waals surface area contributed by atoms with Crippen LogP contribution in [0.25, 0.3) is 0 Å². The van der Waals surface area contributed by atoms with Gasteiger partial charge >= 0.3 is 0 Å². The molecule has 0 bridgehead atoms. The standard InChI is InChI=1S/C11H21NS/c1-2-4-11(5-3-6-11)9-12-10-7-13-8-10/h10,12H,2-9H2,1H3. The summed E-state index contributed by atoms with van der Waals surface area (Å²) in [6.07, 6.45) is 7.24. The van der Waals surface area contributed by atoms with Gasteiger partial charge in [0, 0.05) is 24.1 Å². The molecule has 0 aromatic carbocycles. The quantitative estimate of drug-likeness (QED) is 0.730. The van der Waals surface area contributed by atoms with Gasteiger partial charge in [-0.05, 0) is 24.7 Å². The third-order valence-electron chi connectivity index (χ3n) is 3.60. The lowest BCUT2D eigenvalue weighted by Crippen LogP contribution is -2.48. The highest BCUT2D eigenvalue weighted by Gasteiger charge is 2.36. The first-order valence-corrected chi connectivity index (χ1v) is 6.81. The van der Waals surface area contributed by atoms with E-state index < -0.39 is 0 Å². The third kappa shape index (κ3) is 2.21. The summed E-state index contributed by atoms with van der Waals surface area (Å²) in [4.78, 5) is 0. The molecule has 13 heavy (non-hydrogen) atoms. The van der Waals surface area contributed by atoms with Crippen molar-refractivity contribution < 1.29 is 0 Å². The molecule has 2 heteroatoms. The second-order valence-corrected chi connectivity index (χ2v) is 5.79. The lowest BCUT2D eigenvalue weighted by Gasteiger charge is -2.44. The summed E-state index contributed by atoms with van der Waals surface area (Å²) in [5.41, 5.74) is 0.717. The fourth-order valence-corrected chi connectivity index (χ4v) is 3.14. The third-order valence-corrected chi connectivity index (χ3v) is 4.87. The minimum atomic E-state index is 0.717. The molecule has 0 aromatic rings. The Bertz CT molecular complexity index is 161. The topological polar surface area (TPSA) is 12.0 Å². The molecule has 1 aliphatic carbocycles. The molecule has 76 valence electrons. The summed E-state index contributed by atoms with van der Waals surface area (Å²) in [6.45, 7) is 3.62. The van der Waals surface area contributed by atoms with Gasteiger partial charge in [0.25, 0.3) is 0 Å². The lowest BCUT2D eigenvalue weighted by atomic mass is 9.66. The van der Waals surface area contributed by atoms with E-state index in [1.807, 2.05) is 0 Å². The van der Waals surface area contributed by atoms with E-state index in [0.717, 1.165) is 11.5 Å². The summed E-state index contributed by atoms with van der Waals surface area (Å²) in [7, 11) is 0. The molecule has 0 atom stereocenters. The highest BCUT2D eigenvalue weighted by molar-refractivity contribution is 8.00. The van der Waals surface area contributed by atoms with Crippen molar-refractivity contribution in [2.75, 3.05) is 18.1 Å². The van der Waals surface area contributed by atoms with Crippen LogP contribution in [0.4, 0.5) is 0 Å². The van der Waals surface area contributed by atoms with Crippen molar-refractivity contribution in [2.45, 2.75) is 45.1 Å². The van der Waals surface area contributed by atoms with Gasteiger partial charge in [-0.3, -0.25) is 0 Å². The number of hydrogen-bond acceptors (Lipinski definition) is 2. The van der Waals surface area contributed by atoms with Gasteiger partial charge < -0.3 is 5.32 Å². The van der Waals surface area contributed by atoms with Crippen LogP contribution in [0.1, 0.15) is 39.0 Å². The Labute approximate surface area is 86.0 Å². The van der Waals surface area contributed by atoms with E-state index in [1.54, 1.807) is 0 Å². The van der Waals surface area contributed by atoms with E-state index in [-0.39, 0.29) is 0 Å². The fraction of sp³-hybridized carbons (Fsp3) is 1.00. The normalized spacial score (nSPS) is 26.5. The van der Waals surface area contributed by atoms with Crippen LogP contribution in [0, 0.1) is 5.41 Å². The summed E-state index contributed by atoms with van der Waals surface area (Å²) in [5.74, 6) is 2.70. The molecular formula is C11H21NS. The number of hydrogen-bond donors (Lipinski definition) is 1. The molecule has 2 rings (SSSR count). The van der Waals surface area contributed by atoms with Gasteiger partial charge in [-0.1, -0.05) is 19.8 Å². The second kappa shape index (κ2) is 4.22. The number of nitrogens with one attached hydrogen (secondary N) is 1. The van der Waals surface area contributed by atoms with Crippen LogP contribution in [0.2, 0.25) is 0 Å². The molecule has 2 fully saturated rings. The predicted octanol–water partition coefficient (Wildman–Crippen LogP) is 2.66. The average Bonchev–Trinajstić information content (AvgIpc) is 1.96. The van der Waals surface area contributed by atoms with Crippen LogP contribution < -0.4 is 5.32 Å². The molecule has 1 saturated carbocycles. The molecule has 1 aliphatic heterocycles. The predicted molar refractivity (Wildman–Crippen MR) is 60.3 cm³/mol. The maximum absolute atomic E-state index is 3.73. The Balaban J connectivity index is 1.70. The van der Waals surface area contributed by atoms with Gasteiger partial charge in [-0.15, -0.1) is 0 Å². The summed E-state index contributed by atoms with van der Waals surface area (Å²) >= 11 is 2.07. The summed E-state index contributed by atoms with van der Waals surface area (Å²) in [6, 6.07) is 0.847. The minimum Gasteiger partial charge on any atom is -0.312 e. The van der Waals surface area contributed by atoms with Gasteiger partial charge in [0.15, 0.2) is 0 Å². The molecule has 1 nitrogen and oxygen atoms in total. The molecule has 0 radical (unpaired) electrons. The summed E-state index contributed by atoms with van der Waals surface area (Å²) < 4.78 is 0. The molecule has 0 amide bonds. The SMILES string of the molecule is CCCC1(CNC2CSC2)CCC1. The van der Waals surface area contributed by atoms with Crippen molar-refractivity contribution in [3.8, 4) is 0 Å². The number of rotatable bonds is 5. The van der Waals surface area contributed by atoms with Crippen LogP contribution in [0.15, 0.2) is 0 Å². The van der Waals surface area contributed by atoms with Crippen molar-refractivity contribution >= 4 is 11.8 Å². The Morgan fingerprint density at radius 2 is 2.15 bits per heavy atom. The van der Waals surface area contributed by atoms with Gasteiger partial charge in [0.2, 0.25) is 0 Å². The molecular weight excluding hydrogens is 178 g/mol. The Hall–Kier alpha value is 0.310. The molecule has 0 spiro atoms. The van der Waals surface area contributed by atoms with E-state index in [2.05, 4.69) is 24.0 Å². The zero-order valence-electron chi connectivity index (χ0n) is 8.64.